The van der Waals surface area contributed by atoms with Gasteiger partial charge in [-0.3, -0.25) is 0 Å². The molecule has 2 heteroatoms. The number of rotatable bonds is 2. The molecule has 0 bridgehead atoms. The SMILES string of the molecule is CNCc1coc2c(C)c(C)ccc12. The number of fused-ring (bicyclic) bond motifs is 1. The molecule has 74 valence electrons. The van der Waals surface area contributed by atoms with Crippen LogP contribution in [0.5, 0.6) is 0 Å². The molecule has 0 aliphatic rings. The molecule has 0 radical (unpaired) electrons. The zero-order chi connectivity index (χ0) is 10.1. The van der Waals surface area contributed by atoms with E-state index < -0.39 is 0 Å². The largest absolute Gasteiger partial charge is 0.464 e. The van der Waals surface area contributed by atoms with Crippen LogP contribution in [0.4, 0.5) is 0 Å². The molecule has 0 aliphatic heterocycles. The Bertz CT molecular complexity index is 457. The van der Waals surface area contributed by atoms with Gasteiger partial charge in [-0.1, -0.05) is 12.1 Å². The van der Waals surface area contributed by atoms with E-state index in [0.29, 0.717) is 0 Å². The molecule has 14 heavy (non-hydrogen) atoms. The summed E-state index contributed by atoms with van der Waals surface area (Å²) < 4.78 is 5.57. The second-order valence-corrected chi connectivity index (χ2v) is 3.68. The monoisotopic (exact) mass is 189 g/mol. The van der Waals surface area contributed by atoms with Gasteiger partial charge in [-0.2, -0.15) is 0 Å². The molecule has 0 aliphatic carbocycles. The van der Waals surface area contributed by atoms with E-state index in [4.69, 9.17) is 4.42 Å². The summed E-state index contributed by atoms with van der Waals surface area (Å²) in [5.74, 6) is 0. The fraction of sp³-hybridized carbons (Fsp3) is 0.333. The third-order valence-corrected chi connectivity index (χ3v) is 2.71. The average molecular weight is 189 g/mol. The molecule has 0 spiro atoms. The molecule has 2 nitrogen and oxygen atoms in total. The maximum Gasteiger partial charge on any atom is 0.137 e. The maximum absolute atomic E-state index is 5.57. The highest BCUT2D eigenvalue weighted by atomic mass is 16.3. The van der Waals surface area contributed by atoms with Crippen molar-refractivity contribution in [1.29, 1.82) is 0 Å². The van der Waals surface area contributed by atoms with Crippen molar-refractivity contribution in [3.63, 3.8) is 0 Å². The number of aryl methyl sites for hydroxylation is 2. The zero-order valence-corrected chi connectivity index (χ0v) is 8.85. The topological polar surface area (TPSA) is 25.2 Å². The van der Waals surface area contributed by atoms with E-state index in [1.54, 1.807) is 0 Å². The first-order valence-corrected chi connectivity index (χ1v) is 4.85. The summed E-state index contributed by atoms with van der Waals surface area (Å²) in [5, 5.41) is 4.36. The van der Waals surface area contributed by atoms with Crippen LogP contribution in [0, 0.1) is 13.8 Å². The molecule has 0 unspecified atom stereocenters. The van der Waals surface area contributed by atoms with Gasteiger partial charge >= 0.3 is 0 Å². The van der Waals surface area contributed by atoms with Gasteiger partial charge in [0.25, 0.3) is 0 Å². The van der Waals surface area contributed by atoms with Crippen LogP contribution in [0.15, 0.2) is 22.8 Å². The summed E-state index contributed by atoms with van der Waals surface area (Å²) >= 11 is 0. The fourth-order valence-corrected chi connectivity index (χ4v) is 1.72. The van der Waals surface area contributed by atoms with Crippen molar-refractivity contribution in [3.05, 3.63) is 35.1 Å². The van der Waals surface area contributed by atoms with Gasteiger partial charge in [-0.25, -0.2) is 0 Å². The molecule has 1 N–H and O–H groups in total. The highest BCUT2D eigenvalue weighted by Gasteiger charge is 2.08. The molecular weight excluding hydrogens is 174 g/mol. The second kappa shape index (κ2) is 3.46. The number of hydrogen-bond acceptors (Lipinski definition) is 2. The Morgan fingerprint density at radius 3 is 2.79 bits per heavy atom. The van der Waals surface area contributed by atoms with Crippen molar-refractivity contribution in [2.45, 2.75) is 20.4 Å². The Labute approximate surface area is 83.9 Å². The van der Waals surface area contributed by atoms with Crippen molar-refractivity contribution in [2.24, 2.45) is 0 Å². The normalized spacial score (nSPS) is 11.1. The summed E-state index contributed by atoms with van der Waals surface area (Å²) in [6.45, 7) is 5.06. The van der Waals surface area contributed by atoms with Gasteiger partial charge in [0.05, 0.1) is 6.26 Å². The first-order valence-electron chi connectivity index (χ1n) is 4.85. The van der Waals surface area contributed by atoms with E-state index in [9.17, 15) is 0 Å². The van der Waals surface area contributed by atoms with Crippen LogP contribution >= 0.6 is 0 Å². The van der Waals surface area contributed by atoms with Crippen molar-refractivity contribution >= 4 is 11.0 Å². The molecule has 0 amide bonds. The fourth-order valence-electron chi connectivity index (χ4n) is 1.72. The standard InChI is InChI=1S/C12H15NO/c1-8-4-5-11-10(6-13-3)7-14-12(11)9(8)2/h4-5,7,13H,6H2,1-3H3. The van der Waals surface area contributed by atoms with Gasteiger partial charge in [-0.05, 0) is 32.0 Å². The number of hydrogen-bond donors (Lipinski definition) is 1. The first kappa shape index (κ1) is 9.28. The molecule has 0 saturated carbocycles. The Morgan fingerprint density at radius 2 is 2.07 bits per heavy atom. The van der Waals surface area contributed by atoms with Crippen LogP contribution in [-0.2, 0) is 6.54 Å². The molecular formula is C12H15NO. The highest BCUT2D eigenvalue weighted by Crippen LogP contribution is 2.26. The predicted molar refractivity (Wildman–Crippen MR) is 58.5 cm³/mol. The van der Waals surface area contributed by atoms with Crippen molar-refractivity contribution in [2.75, 3.05) is 7.05 Å². The quantitative estimate of drug-likeness (QED) is 0.785. The molecule has 1 aromatic carbocycles. The summed E-state index contributed by atoms with van der Waals surface area (Å²) in [6, 6.07) is 4.28. The molecule has 2 aromatic rings. The Hall–Kier alpha value is -1.28. The van der Waals surface area contributed by atoms with Gasteiger partial charge < -0.3 is 9.73 Å². The van der Waals surface area contributed by atoms with Crippen LogP contribution in [0.2, 0.25) is 0 Å². The van der Waals surface area contributed by atoms with Crippen molar-refractivity contribution < 1.29 is 4.42 Å². The minimum Gasteiger partial charge on any atom is -0.464 e. The minimum absolute atomic E-state index is 0.857. The molecule has 1 heterocycles. The van der Waals surface area contributed by atoms with Gasteiger partial charge in [0.2, 0.25) is 0 Å². The molecule has 2 rings (SSSR count). The Kier molecular flexibility index (Phi) is 2.30. The van der Waals surface area contributed by atoms with Gasteiger partial charge in [-0.15, -0.1) is 0 Å². The van der Waals surface area contributed by atoms with Gasteiger partial charge in [0, 0.05) is 17.5 Å². The van der Waals surface area contributed by atoms with Crippen molar-refractivity contribution in [1.82, 2.24) is 5.32 Å². The van der Waals surface area contributed by atoms with E-state index in [2.05, 4.69) is 31.3 Å². The van der Waals surface area contributed by atoms with E-state index >= 15 is 0 Å². The van der Waals surface area contributed by atoms with Crippen LogP contribution < -0.4 is 5.32 Å². The van der Waals surface area contributed by atoms with Gasteiger partial charge in [0.15, 0.2) is 0 Å². The van der Waals surface area contributed by atoms with Crippen LogP contribution in [0.25, 0.3) is 11.0 Å². The van der Waals surface area contributed by atoms with E-state index in [-0.39, 0.29) is 0 Å². The van der Waals surface area contributed by atoms with Gasteiger partial charge in [0.1, 0.15) is 5.58 Å². The summed E-state index contributed by atoms with van der Waals surface area (Å²) in [4.78, 5) is 0. The average Bonchev–Trinajstić information content (AvgIpc) is 2.57. The number of benzene rings is 1. The second-order valence-electron chi connectivity index (χ2n) is 3.68. The predicted octanol–water partition coefficient (Wildman–Crippen LogP) is 2.77. The third-order valence-electron chi connectivity index (χ3n) is 2.71. The lowest BCUT2D eigenvalue weighted by atomic mass is 10.1. The van der Waals surface area contributed by atoms with Crippen LogP contribution in [0.1, 0.15) is 16.7 Å². The number of nitrogens with one attached hydrogen (secondary N) is 1. The first-order chi connectivity index (χ1) is 6.74. The van der Waals surface area contributed by atoms with Crippen LogP contribution in [-0.4, -0.2) is 7.05 Å². The lowest BCUT2D eigenvalue weighted by Crippen LogP contribution is -2.03. The lowest BCUT2D eigenvalue weighted by molar-refractivity contribution is 0.604. The molecule has 0 saturated heterocycles. The summed E-state index contributed by atoms with van der Waals surface area (Å²) in [7, 11) is 1.94. The summed E-state index contributed by atoms with van der Waals surface area (Å²) in [5.41, 5.74) is 4.77. The Morgan fingerprint density at radius 1 is 1.29 bits per heavy atom. The Balaban J connectivity index is 2.64. The van der Waals surface area contributed by atoms with E-state index in [1.165, 1.54) is 22.1 Å². The third kappa shape index (κ3) is 1.32. The molecule has 0 fully saturated rings. The molecule has 1 aromatic heterocycles. The molecule has 0 atom stereocenters. The van der Waals surface area contributed by atoms with Crippen LogP contribution in [0.3, 0.4) is 0 Å². The maximum atomic E-state index is 5.57. The summed E-state index contributed by atoms with van der Waals surface area (Å²) in [6.07, 6.45) is 1.84. The number of furan rings is 1. The van der Waals surface area contributed by atoms with E-state index in [1.807, 2.05) is 13.3 Å². The minimum atomic E-state index is 0.857. The smallest absolute Gasteiger partial charge is 0.137 e. The van der Waals surface area contributed by atoms with E-state index in [0.717, 1.165) is 12.1 Å². The lowest BCUT2D eigenvalue weighted by Gasteiger charge is -2.00. The van der Waals surface area contributed by atoms with Crippen molar-refractivity contribution in [3.8, 4) is 0 Å². The highest BCUT2D eigenvalue weighted by molar-refractivity contribution is 5.84. The zero-order valence-electron chi connectivity index (χ0n) is 8.85.